The van der Waals surface area contributed by atoms with Gasteiger partial charge in [0.1, 0.15) is 23.3 Å². The number of nitrogens with one attached hydrogen (secondary N) is 1. The number of hydrogen-bond donors (Lipinski definition) is 2. The highest BCUT2D eigenvalue weighted by atomic mass is 32.1. The number of aromatic nitrogens is 1. The highest BCUT2D eigenvalue weighted by Gasteiger charge is 2.32. The Morgan fingerprint density at radius 1 is 1.27 bits per heavy atom. The van der Waals surface area contributed by atoms with Crippen LogP contribution in [0.4, 0.5) is 13.2 Å². The number of amides is 1. The molecule has 3 heterocycles. The van der Waals surface area contributed by atoms with Crippen LogP contribution in [0.2, 0.25) is 0 Å². The maximum atomic E-state index is 12.5. The van der Waals surface area contributed by atoms with Gasteiger partial charge in [-0.15, -0.1) is 0 Å². The number of rotatable bonds is 5. The van der Waals surface area contributed by atoms with Crippen LogP contribution in [0, 0.1) is 0 Å². The van der Waals surface area contributed by atoms with Crippen molar-refractivity contribution in [2.24, 2.45) is 0 Å². The number of aliphatic hydroxyl groups is 1. The minimum Gasteiger partial charge on any atom is -0.458 e. The molecule has 26 heavy (non-hydrogen) atoms. The van der Waals surface area contributed by atoms with Crippen LogP contribution in [-0.4, -0.2) is 22.5 Å². The molecule has 0 saturated heterocycles. The molecule has 0 aromatic carbocycles. The number of furan rings is 1. The van der Waals surface area contributed by atoms with Crippen LogP contribution in [0.1, 0.15) is 27.9 Å². The topological polar surface area (TPSA) is 75.4 Å². The largest absolute Gasteiger partial charge is 0.458 e. The Bertz CT molecular complexity index is 874. The van der Waals surface area contributed by atoms with Crippen LogP contribution < -0.4 is 5.32 Å². The molecule has 1 amide bonds. The van der Waals surface area contributed by atoms with Crippen molar-refractivity contribution in [2.45, 2.75) is 12.3 Å². The lowest BCUT2D eigenvalue weighted by Crippen LogP contribution is -2.28. The molecular weight excluding hydrogens is 369 g/mol. The number of halogens is 3. The van der Waals surface area contributed by atoms with Gasteiger partial charge in [0.25, 0.3) is 5.91 Å². The third-order valence-corrected chi connectivity index (χ3v) is 4.22. The van der Waals surface area contributed by atoms with Gasteiger partial charge in [-0.3, -0.25) is 9.78 Å². The van der Waals surface area contributed by atoms with Gasteiger partial charge in [0.15, 0.2) is 0 Å². The zero-order valence-corrected chi connectivity index (χ0v) is 14.0. The molecule has 0 saturated carbocycles. The first kappa shape index (κ1) is 18.2. The Balaban J connectivity index is 1.59. The van der Waals surface area contributed by atoms with Crippen molar-refractivity contribution in [3.63, 3.8) is 0 Å². The van der Waals surface area contributed by atoms with Gasteiger partial charge in [0.05, 0.1) is 12.1 Å². The number of carbonyl (C=O) groups is 1. The van der Waals surface area contributed by atoms with Crippen molar-refractivity contribution in [1.29, 1.82) is 0 Å². The van der Waals surface area contributed by atoms with Crippen LogP contribution in [0.5, 0.6) is 0 Å². The highest BCUT2D eigenvalue weighted by Crippen LogP contribution is 2.28. The normalized spacial score (nSPS) is 12.8. The fourth-order valence-electron chi connectivity index (χ4n) is 2.18. The molecular formula is C17H13F3N2O3S. The maximum absolute atomic E-state index is 12.5. The molecule has 0 aliphatic heterocycles. The second-order valence-corrected chi connectivity index (χ2v) is 6.15. The predicted octanol–water partition coefficient (Wildman–Crippen LogP) is 3.89. The number of pyridine rings is 1. The Kier molecular flexibility index (Phi) is 5.10. The van der Waals surface area contributed by atoms with Gasteiger partial charge in [-0.2, -0.15) is 24.5 Å². The summed E-state index contributed by atoms with van der Waals surface area (Å²) in [5.41, 5.74) is -0.234. The summed E-state index contributed by atoms with van der Waals surface area (Å²) in [7, 11) is 0. The Morgan fingerprint density at radius 2 is 2.08 bits per heavy atom. The van der Waals surface area contributed by atoms with E-state index in [1.165, 1.54) is 11.3 Å². The minimum absolute atomic E-state index is 0.0383. The first-order valence-electron chi connectivity index (χ1n) is 7.46. The molecule has 0 spiro atoms. The molecule has 0 bridgehead atoms. The van der Waals surface area contributed by atoms with Gasteiger partial charge >= 0.3 is 6.18 Å². The lowest BCUT2D eigenvalue weighted by Gasteiger charge is -2.10. The third kappa shape index (κ3) is 4.12. The Morgan fingerprint density at radius 3 is 2.69 bits per heavy atom. The number of carbonyl (C=O) groups excluding carboxylic acids is 1. The average Bonchev–Trinajstić information content (AvgIpc) is 3.29. The molecule has 0 aliphatic carbocycles. The Hall–Kier alpha value is -2.65. The molecule has 1 atom stereocenters. The van der Waals surface area contributed by atoms with Crippen LogP contribution in [0.15, 0.2) is 51.7 Å². The summed E-state index contributed by atoms with van der Waals surface area (Å²) in [5.74, 6) is 0.227. The summed E-state index contributed by atoms with van der Waals surface area (Å²) in [6.07, 6.45) is -4.81. The number of nitrogens with zero attached hydrogens (tertiary/aromatic N) is 1. The van der Waals surface area contributed by atoms with E-state index in [9.17, 15) is 23.1 Å². The molecule has 2 N–H and O–H groups in total. The first-order chi connectivity index (χ1) is 12.3. The number of aliphatic hydroxyl groups excluding tert-OH is 1. The zero-order valence-electron chi connectivity index (χ0n) is 13.2. The fourth-order valence-corrected chi connectivity index (χ4v) is 2.82. The fraction of sp³-hybridized carbons (Fsp3) is 0.176. The van der Waals surface area contributed by atoms with Crippen LogP contribution in [0.25, 0.3) is 11.3 Å². The van der Waals surface area contributed by atoms with E-state index in [0.29, 0.717) is 5.76 Å². The predicted molar refractivity (Wildman–Crippen MR) is 88.6 cm³/mol. The van der Waals surface area contributed by atoms with Crippen molar-refractivity contribution >= 4 is 17.2 Å². The first-order valence-corrected chi connectivity index (χ1v) is 8.40. The van der Waals surface area contributed by atoms with Crippen molar-refractivity contribution in [3.8, 4) is 11.3 Å². The summed E-state index contributed by atoms with van der Waals surface area (Å²) in [6, 6.07) is 6.94. The van der Waals surface area contributed by atoms with Crippen molar-refractivity contribution in [3.05, 3.63) is 64.3 Å². The summed E-state index contributed by atoms with van der Waals surface area (Å²) in [4.78, 5) is 15.2. The number of hydrogen-bond acceptors (Lipinski definition) is 5. The van der Waals surface area contributed by atoms with Crippen molar-refractivity contribution in [1.82, 2.24) is 10.3 Å². The van der Waals surface area contributed by atoms with Crippen molar-refractivity contribution < 1.29 is 27.5 Å². The van der Waals surface area contributed by atoms with Crippen LogP contribution in [-0.2, 0) is 6.18 Å². The second-order valence-electron chi connectivity index (χ2n) is 5.37. The molecule has 3 rings (SSSR count). The Labute approximate surface area is 150 Å². The standard InChI is InChI=1S/C17H13F3N2O3S/c18-17(19,20)15-4-1-10(7-21-15)16(24)22-8-12(23)14-3-2-13(25-14)11-5-6-26-9-11/h1-7,9,12,23H,8H2,(H,22,24)/t12-/m0/s1. The molecule has 5 nitrogen and oxygen atoms in total. The quantitative estimate of drug-likeness (QED) is 0.702. The van der Waals surface area contributed by atoms with E-state index in [2.05, 4.69) is 10.3 Å². The smallest absolute Gasteiger partial charge is 0.433 e. The zero-order chi connectivity index (χ0) is 18.7. The lowest BCUT2D eigenvalue weighted by atomic mass is 10.2. The summed E-state index contributed by atoms with van der Waals surface area (Å²) < 4.78 is 42.9. The molecule has 0 radical (unpaired) electrons. The minimum atomic E-state index is -4.56. The molecule has 136 valence electrons. The van der Waals surface area contributed by atoms with Gasteiger partial charge in [-0.05, 0) is 35.7 Å². The molecule has 0 aliphatic rings. The molecule has 9 heteroatoms. The molecule has 0 unspecified atom stereocenters. The maximum Gasteiger partial charge on any atom is 0.433 e. The van der Waals surface area contributed by atoms with Crippen LogP contribution in [0.3, 0.4) is 0 Å². The van der Waals surface area contributed by atoms with E-state index in [0.717, 1.165) is 23.9 Å². The van der Waals surface area contributed by atoms with Crippen molar-refractivity contribution in [2.75, 3.05) is 6.54 Å². The van der Waals surface area contributed by atoms with Gasteiger partial charge < -0.3 is 14.8 Å². The summed E-state index contributed by atoms with van der Waals surface area (Å²) >= 11 is 1.51. The monoisotopic (exact) mass is 382 g/mol. The molecule has 3 aromatic heterocycles. The van der Waals surface area contributed by atoms with E-state index in [-0.39, 0.29) is 17.9 Å². The lowest BCUT2D eigenvalue weighted by molar-refractivity contribution is -0.141. The SMILES string of the molecule is O=C(NC[C@H](O)c1ccc(-c2ccsc2)o1)c1ccc(C(F)(F)F)nc1. The van der Waals surface area contributed by atoms with E-state index >= 15 is 0 Å². The van der Waals surface area contributed by atoms with E-state index in [1.54, 1.807) is 12.1 Å². The van der Waals surface area contributed by atoms with Gasteiger partial charge in [-0.25, -0.2) is 0 Å². The van der Waals surface area contributed by atoms with Gasteiger partial charge in [-0.1, -0.05) is 0 Å². The van der Waals surface area contributed by atoms with E-state index in [4.69, 9.17) is 4.42 Å². The average molecular weight is 382 g/mol. The third-order valence-electron chi connectivity index (χ3n) is 3.53. The molecule has 0 fully saturated rings. The summed E-state index contributed by atoms with van der Waals surface area (Å²) in [6.45, 7) is -0.156. The van der Waals surface area contributed by atoms with E-state index in [1.807, 2.05) is 16.8 Å². The van der Waals surface area contributed by atoms with Crippen LogP contribution >= 0.6 is 11.3 Å². The van der Waals surface area contributed by atoms with Gasteiger partial charge in [0.2, 0.25) is 0 Å². The molecule has 3 aromatic rings. The second kappa shape index (κ2) is 7.30. The number of thiophene rings is 1. The van der Waals surface area contributed by atoms with Gasteiger partial charge in [0, 0.05) is 17.1 Å². The van der Waals surface area contributed by atoms with E-state index < -0.39 is 23.9 Å². The summed E-state index contributed by atoms with van der Waals surface area (Å²) in [5, 5.41) is 16.3. The number of alkyl halides is 3. The highest BCUT2D eigenvalue weighted by molar-refractivity contribution is 7.08.